The van der Waals surface area contributed by atoms with E-state index in [9.17, 15) is 4.79 Å². The van der Waals surface area contributed by atoms with E-state index in [1.165, 1.54) is 19.4 Å². The molecule has 1 atom stereocenters. The van der Waals surface area contributed by atoms with Crippen LogP contribution in [-0.2, 0) is 0 Å². The molecular formula is C16H27N3O. The molecule has 1 aliphatic rings. The Bertz CT molecular complexity index is 466. The third kappa shape index (κ3) is 3.49. The van der Waals surface area contributed by atoms with Gasteiger partial charge in [0.1, 0.15) is 0 Å². The Morgan fingerprint density at radius 2 is 2.25 bits per heavy atom. The second-order valence-electron chi connectivity index (χ2n) is 6.04. The zero-order chi connectivity index (χ0) is 14.7. The summed E-state index contributed by atoms with van der Waals surface area (Å²) in [4.78, 5) is 20.2. The van der Waals surface area contributed by atoms with E-state index >= 15 is 0 Å². The van der Waals surface area contributed by atoms with Crippen molar-refractivity contribution < 1.29 is 4.79 Å². The van der Waals surface area contributed by atoms with E-state index in [1.807, 2.05) is 19.9 Å². The van der Waals surface area contributed by atoms with Crippen molar-refractivity contribution in [3.8, 4) is 0 Å². The van der Waals surface area contributed by atoms with Gasteiger partial charge in [0.05, 0.1) is 6.54 Å². The standard InChI is InChI=1S/C16H27N3O/c1-5-19-8-6-7-14(19)10-18(4)11-16(20)15-9-12(2)17-13(15)3/h9,14,17H,5-8,10-11H2,1-4H3. The molecule has 4 nitrogen and oxygen atoms in total. The van der Waals surface area contributed by atoms with Gasteiger partial charge in [-0.25, -0.2) is 0 Å². The molecule has 2 heterocycles. The summed E-state index contributed by atoms with van der Waals surface area (Å²) in [6, 6.07) is 2.58. The molecule has 112 valence electrons. The number of rotatable bonds is 6. The molecule has 20 heavy (non-hydrogen) atoms. The Labute approximate surface area is 122 Å². The molecule has 1 aromatic heterocycles. The number of Topliss-reactive ketones (excluding diaryl/α,β-unsaturated/α-hetero) is 1. The minimum atomic E-state index is 0.218. The van der Waals surface area contributed by atoms with Crippen molar-refractivity contribution in [3.63, 3.8) is 0 Å². The van der Waals surface area contributed by atoms with Crippen molar-refractivity contribution in [1.82, 2.24) is 14.8 Å². The molecule has 0 bridgehead atoms. The lowest BCUT2D eigenvalue weighted by Gasteiger charge is -2.27. The highest BCUT2D eigenvalue weighted by Gasteiger charge is 2.25. The fourth-order valence-corrected chi connectivity index (χ4v) is 3.29. The van der Waals surface area contributed by atoms with Gasteiger partial charge in [-0.05, 0) is 52.9 Å². The van der Waals surface area contributed by atoms with Crippen molar-refractivity contribution in [2.75, 3.05) is 33.2 Å². The summed E-state index contributed by atoms with van der Waals surface area (Å²) in [7, 11) is 2.05. The molecule has 0 aliphatic carbocycles. The van der Waals surface area contributed by atoms with Crippen LogP contribution in [0.2, 0.25) is 0 Å². The predicted octanol–water partition coefficient (Wildman–Crippen LogP) is 2.23. The van der Waals surface area contributed by atoms with Crippen LogP contribution in [0.1, 0.15) is 41.5 Å². The lowest BCUT2D eigenvalue weighted by molar-refractivity contribution is 0.0928. The molecule has 1 aliphatic heterocycles. The van der Waals surface area contributed by atoms with E-state index in [0.29, 0.717) is 12.6 Å². The van der Waals surface area contributed by atoms with Crippen LogP contribution in [0.4, 0.5) is 0 Å². The van der Waals surface area contributed by atoms with Gasteiger partial charge in [0.2, 0.25) is 0 Å². The number of aromatic nitrogens is 1. The molecule has 1 unspecified atom stereocenters. The van der Waals surface area contributed by atoms with E-state index in [1.54, 1.807) is 0 Å². The van der Waals surface area contributed by atoms with Crippen molar-refractivity contribution in [1.29, 1.82) is 0 Å². The van der Waals surface area contributed by atoms with Crippen LogP contribution in [0.5, 0.6) is 0 Å². The highest BCUT2D eigenvalue weighted by atomic mass is 16.1. The first-order chi connectivity index (χ1) is 9.51. The average molecular weight is 277 g/mol. The van der Waals surface area contributed by atoms with Crippen LogP contribution >= 0.6 is 0 Å². The van der Waals surface area contributed by atoms with Crippen LogP contribution < -0.4 is 0 Å². The summed E-state index contributed by atoms with van der Waals surface area (Å²) >= 11 is 0. The molecule has 2 rings (SSSR count). The molecule has 0 amide bonds. The summed E-state index contributed by atoms with van der Waals surface area (Å²) < 4.78 is 0. The molecule has 0 aromatic carbocycles. The number of likely N-dealkylation sites (N-methyl/N-ethyl adjacent to an activating group) is 2. The zero-order valence-corrected chi connectivity index (χ0v) is 13.2. The van der Waals surface area contributed by atoms with E-state index in [2.05, 4.69) is 28.8 Å². The number of hydrogen-bond donors (Lipinski definition) is 1. The molecule has 1 aromatic rings. The maximum Gasteiger partial charge on any atom is 0.178 e. The van der Waals surface area contributed by atoms with Crippen molar-refractivity contribution in [3.05, 3.63) is 23.0 Å². The van der Waals surface area contributed by atoms with Crippen LogP contribution in [0, 0.1) is 13.8 Å². The normalized spacial score (nSPS) is 19.9. The first kappa shape index (κ1) is 15.3. The molecule has 1 N–H and O–H groups in total. The van der Waals surface area contributed by atoms with Gasteiger partial charge < -0.3 is 4.98 Å². The number of nitrogens with zero attached hydrogens (tertiary/aromatic N) is 2. The van der Waals surface area contributed by atoms with Gasteiger partial charge >= 0.3 is 0 Å². The first-order valence-corrected chi connectivity index (χ1v) is 7.63. The van der Waals surface area contributed by atoms with Gasteiger partial charge in [0, 0.05) is 29.5 Å². The van der Waals surface area contributed by atoms with Gasteiger partial charge in [0.15, 0.2) is 5.78 Å². The van der Waals surface area contributed by atoms with Crippen LogP contribution in [0.15, 0.2) is 6.07 Å². The Morgan fingerprint density at radius 1 is 1.50 bits per heavy atom. The quantitative estimate of drug-likeness (QED) is 0.811. The summed E-state index contributed by atoms with van der Waals surface area (Å²) in [6.45, 7) is 9.99. The summed E-state index contributed by atoms with van der Waals surface area (Å²) in [6.07, 6.45) is 2.55. The second kappa shape index (κ2) is 6.55. The maximum atomic E-state index is 12.3. The topological polar surface area (TPSA) is 39.3 Å². The third-order valence-electron chi connectivity index (χ3n) is 4.29. The average Bonchev–Trinajstić information content (AvgIpc) is 2.95. The molecular weight excluding hydrogens is 250 g/mol. The number of hydrogen-bond acceptors (Lipinski definition) is 3. The Balaban J connectivity index is 1.89. The van der Waals surface area contributed by atoms with Crippen molar-refractivity contribution >= 4 is 5.78 Å². The van der Waals surface area contributed by atoms with Crippen LogP contribution in [0.25, 0.3) is 0 Å². The van der Waals surface area contributed by atoms with Gasteiger partial charge in [-0.2, -0.15) is 0 Å². The molecule has 0 radical (unpaired) electrons. The molecule has 1 fully saturated rings. The predicted molar refractivity (Wildman–Crippen MR) is 82.4 cm³/mol. The first-order valence-electron chi connectivity index (χ1n) is 7.63. The fourth-order valence-electron chi connectivity index (χ4n) is 3.29. The van der Waals surface area contributed by atoms with Gasteiger partial charge in [-0.3, -0.25) is 14.6 Å². The van der Waals surface area contributed by atoms with Gasteiger partial charge in [-0.15, -0.1) is 0 Å². The third-order valence-corrected chi connectivity index (χ3v) is 4.29. The Kier molecular flexibility index (Phi) is 5.00. The number of ketones is 1. The molecule has 0 saturated carbocycles. The summed E-state index contributed by atoms with van der Waals surface area (Å²) in [5, 5.41) is 0. The summed E-state index contributed by atoms with van der Waals surface area (Å²) in [5.41, 5.74) is 2.88. The SMILES string of the molecule is CCN1CCCC1CN(C)CC(=O)c1cc(C)[nH]c1C. The minimum absolute atomic E-state index is 0.218. The molecule has 4 heteroatoms. The molecule has 0 spiro atoms. The minimum Gasteiger partial charge on any atom is -0.362 e. The Morgan fingerprint density at radius 3 is 2.85 bits per heavy atom. The van der Waals surface area contributed by atoms with Crippen LogP contribution in [0.3, 0.4) is 0 Å². The van der Waals surface area contributed by atoms with E-state index in [0.717, 1.165) is 30.0 Å². The number of carbonyl (C=O) groups excluding carboxylic acids is 1. The maximum absolute atomic E-state index is 12.3. The number of aromatic amines is 1. The Hall–Kier alpha value is -1.13. The monoisotopic (exact) mass is 277 g/mol. The smallest absolute Gasteiger partial charge is 0.178 e. The van der Waals surface area contributed by atoms with E-state index in [4.69, 9.17) is 0 Å². The van der Waals surface area contributed by atoms with E-state index < -0.39 is 0 Å². The van der Waals surface area contributed by atoms with Crippen LogP contribution in [-0.4, -0.2) is 59.8 Å². The summed E-state index contributed by atoms with van der Waals surface area (Å²) in [5.74, 6) is 0.218. The van der Waals surface area contributed by atoms with Crippen molar-refractivity contribution in [2.45, 2.75) is 39.7 Å². The fraction of sp³-hybridized carbons (Fsp3) is 0.688. The van der Waals surface area contributed by atoms with Crippen molar-refractivity contribution in [2.24, 2.45) is 0 Å². The number of likely N-dealkylation sites (tertiary alicyclic amines) is 1. The molecule has 1 saturated heterocycles. The lowest BCUT2D eigenvalue weighted by Crippen LogP contribution is -2.40. The number of nitrogens with one attached hydrogen (secondary N) is 1. The lowest BCUT2D eigenvalue weighted by atomic mass is 10.1. The number of carbonyl (C=O) groups is 1. The largest absolute Gasteiger partial charge is 0.362 e. The van der Waals surface area contributed by atoms with Gasteiger partial charge in [-0.1, -0.05) is 6.92 Å². The van der Waals surface area contributed by atoms with Gasteiger partial charge in [0.25, 0.3) is 0 Å². The highest BCUT2D eigenvalue weighted by Crippen LogP contribution is 2.17. The van der Waals surface area contributed by atoms with E-state index in [-0.39, 0.29) is 5.78 Å². The second-order valence-corrected chi connectivity index (χ2v) is 6.04. The highest BCUT2D eigenvalue weighted by molar-refractivity contribution is 5.98. The zero-order valence-electron chi connectivity index (χ0n) is 13.2. The number of aryl methyl sites for hydroxylation is 2. The number of H-pyrrole nitrogens is 1.